The van der Waals surface area contributed by atoms with Gasteiger partial charge in [0.2, 0.25) is 0 Å². The first-order chi connectivity index (χ1) is 8.75. The normalized spacial score (nSPS) is 21.2. The molecule has 0 amide bonds. The molecule has 2 aliphatic carbocycles. The highest BCUT2D eigenvalue weighted by atomic mass is 16.6. The van der Waals surface area contributed by atoms with Gasteiger partial charge in [0.1, 0.15) is 17.5 Å². The molecule has 0 bridgehead atoms. The van der Waals surface area contributed by atoms with Gasteiger partial charge in [0.05, 0.1) is 0 Å². The molecule has 19 heavy (non-hydrogen) atoms. The van der Waals surface area contributed by atoms with Gasteiger partial charge in [-0.05, 0) is 25.7 Å². The highest BCUT2D eigenvalue weighted by molar-refractivity contribution is 6.02. The summed E-state index contributed by atoms with van der Waals surface area (Å²) in [4.78, 5) is 45.1. The fourth-order valence-electron chi connectivity index (χ4n) is 1.28. The van der Waals surface area contributed by atoms with Gasteiger partial charge in [-0.3, -0.25) is 9.59 Å². The topological polar surface area (TPSA) is 139 Å². The zero-order valence-corrected chi connectivity index (χ0v) is 10.1. The first-order valence-electron chi connectivity index (χ1n) is 5.83. The van der Waals surface area contributed by atoms with Gasteiger partial charge >= 0.3 is 23.9 Å². The lowest BCUT2D eigenvalue weighted by molar-refractivity contribution is -0.167. The summed E-state index contributed by atoms with van der Waals surface area (Å²) in [6.45, 7) is 0. The Morgan fingerprint density at radius 3 is 1.37 bits per heavy atom. The largest absolute Gasteiger partial charge is 0.391 e. The molecule has 8 nitrogen and oxygen atoms in total. The zero-order chi connectivity index (χ0) is 14.3. The van der Waals surface area contributed by atoms with Gasteiger partial charge in [-0.15, -0.1) is 0 Å². The lowest BCUT2D eigenvalue weighted by Gasteiger charge is -2.08. The summed E-state index contributed by atoms with van der Waals surface area (Å²) < 4.78 is 8.77. The number of ether oxygens (including phenoxy) is 2. The summed E-state index contributed by atoms with van der Waals surface area (Å²) in [6, 6.07) is 0. The van der Waals surface area contributed by atoms with Crippen LogP contribution >= 0.6 is 0 Å². The van der Waals surface area contributed by atoms with Crippen LogP contribution in [0.1, 0.15) is 32.1 Å². The van der Waals surface area contributed by atoms with Crippen molar-refractivity contribution >= 4 is 23.9 Å². The fraction of sp³-hybridized carbons (Fsp3) is 0.636. The van der Waals surface area contributed by atoms with Gasteiger partial charge in [0, 0.05) is 0 Å². The van der Waals surface area contributed by atoms with E-state index >= 15 is 0 Å². The standard InChI is InChI=1S/C11H14N2O6/c12-10(1-2-10)8(16)18-6(14)5-7(15)19-9(17)11(13)3-4-11/h1-5,12-13H2. The molecule has 0 unspecified atom stereocenters. The fourth-order valence-corrected chi connectivity index (χ4v) is 1.28. The number of rotatable bonds is 4. The minimum absolute atomic E-state index is 0.442. The van der Waals surface area contributed by atoms with Crippen molar-refractivity contribution in [2.45, 2.75) is 43.2 Å². The third-order valence-corrected chi connectivity index (χ3v) is 3.09. The van der Waals surface area contributed by atoms with Crippen LogP contribution in [-0.2, 0) is 28.7 Å². The maximum Gasteiger partial charge on any atom is 0.333 e. The average Bonchev–Trinajstić information content (AvgIpc) is 3.18. The zero-order valence-electron chi connectivity index (χ0n) is 10.1. The van der Waals surface area contributed by atoms with Crippen LogP contribution in [0, 0.1) is 0 Å². The van der Waals surface area contributed by atoms with E-state index in [0.29, 0.717) is 25.7 Å². The summed E-state index contributed by atoms with van der Waals surface area (Å²) in [5, 5.41) is 0. The van der Waals surface area contributed by atoms with Crippen LogP contribution in [0.25, 0.3) is 0 Å². The second kappa shape index (κ2) is 4.39. The number of hydrogen-bond donors (Lipinski definition) is 2. The highest BCUT2D eigenvalue weighted by Gasteiger charge is 2.49. The van der Waals surface area contributed by atoms with E-state index in [-0.39, 0.29) is 0 Å². The molecular weight excluding hydrogens is 256 g/mol. The van der Waals surface area contributed by atoms with E-state index in [1.54, 1.807) is 0 Å². The van der Waals surface area contributed by atoms with Crippen LogP contribution in [0.15, 0.2) is 0 Å². The predicted molar refractivity (Wildman–Crippen MR) is 59.1 cm³/mol. The van der Waals surface area contributed by atoms with Crippen LogP contribution in [0.4, 0.5) is 0 Å². The second-order valence-electron chi connectivity index (χ2n) is 5.01. The summed E-state index contributed by atoms with van der Waals surface area (Å²) in [5.41, 5.74) is 8.79. The Hall–Kier alpha value is -1.80. The van der Waals surface area contributed by atoms with Crippen LogP contribution in [0.2, 0.25) is 0 Å². The van der Waals surface area contributed by atoms with E-state index in [9.17, 15) is 19.2 Å². The van der Waals surface area contributed by atoms with Crippen molar-refractivity contribution in [3.8, 4) is 0 Å². The SMILES string of the molecule is NC1(C(=O)OC(=O)CC(=O)OC(=O)C2(N)CC2)CC1. The minimum Gasteiger partial charge on any atom is -0.391 e. The lowest BCUT2D eigenvalue weighted by atomic mass is 10.3. The molecule has 2 saturated carbocycles. The van der Waals surface area contributed by atoms with Crippen molar-refractivity contribution in [1.82, 2.24) is 0 Å². The van der Waals surface area contributed by atoms with Gasteiger partial charge in [-0.25, -0.2) is 9.59 Å². The second-order valence-corrected chi connectivity index (χ2v) is 5.01. The summed E-state index contributed by atoms with van der Waals surface area (Å²) in [5.74, 6) is -3.92. The molecule has 0 saturated heterocycles. The van der Waals surface area contributed by atoms with Crippen molar-refractivity contribution in [2.24, 2.45) is 11.5 Å². The average molecular weight is 270 g/mol. The molecule has 0 radical (unpaired) electrons. The van der Waals surface area contributed by atoms with Gasteiger partial charge in [-0.2, -0.15) is 0 Å². The monoisotopic (exact) mass is 270 g/mol. The number of hydrogen-bond acceptors (Lipinski definition) is 8. The highest BCUT2D eigenvalue weighted by Crippen LogP contribution is 2.34. The lowest BCUT2D eigenvalue weighted by Crippen LogP contribution is -2.38. The number of carbonyl (C=O) groups is 4. The minimum atomic E-state index is -1.11. The molecule has 2 aliphatic rings. The van der Waals surface area contributed by atoms with Crippen LogP contribution in [-0.4, -0.2) is 35.0 Å². The number of carbonyl (C=O) groups excluding carboxylic acids is 4. The molecule has 0 spiro atoms. The Morgan fingerprint density at radius 2 is 1.11 bits per heavy atom. The molecule has 0 aromatic rings. The van der Waals surface area contributed by atoms with Gasteiger partial charge in [0.15, 0.2) is 0 Å². The molecule has 8 heteroatoms. The van der Waals surface area contributed by atoms with Crippen LogP contribution in [0.3, 0.4) is 0 Å². The van der Waals surface area contributed by atoms with Crippen molar-refractivity contribution in [2.75, 3.05) is 0 Å². The number of esters is 4. The molecule has 4 N–H and O–H groups in total. The van der Waals surface area contributed by atoms with E-state index in [1.807, 2.05) is 0 Å². The Kier molecular flexibility index (Phi) is 3.15. The first kappa shape index (κ1) is 13.6. The predicted octanol–water partition coefficient (Wildman–Crippen LogP) is -1.50. The maximum absolute atomic E-state index is 11.3. The van der Waals surface area contributed by atoms with Crippen molar-refractivity contribution < 1.29 is 28.7 Å². The molecule has 104 valence electrons. The van der Waals surface area contributed by atoms with Crippen molar-refractivity contribution in [1.29, 1.82) is 0 Å². The van der Waals surface area contributed by atoms with Crippen LogP contribution in [0.5, 0.6) is 0 Å². The molecule has 0 aromatic heterocycles. The number of nitrogens with two attached hydrogens (primary N) is 2. The van der Waals surface area contributed by atoms with Gasteiger partial charge in [0.25, 0.3) is 0 Å². The Labute approximate surface area is 108 Å². The first-order valence-corrected chi connectivity index (χ1v) is 5.83. The van der Waals surface area contributed by atoms with E-state index in [2.05, 4.69) is 9.47 Å². The third kappa shape index (κ3) is 3.15. The molecular formula is C11H14N2O6. The van der Waals surface area contributed by atoms with Gasteiger partial charge in [-0.1, -0.05) is 0 Å². The summed E-state index contributed by atoms with van der Waals surface area (Å²) in [7, 11) is 0. The third-order valence-electron chi connectivity index (χ3n) is 3.09. The molecule has 2 rings (SSSR count). The quantitative estimate of drug-likeness (QED) is 0.464. The molecule has 0 heterocycles. The summed E-state index contributed by atoms with van der Waals surface area (Å²) >= 11 is 0. The van der Waals surface area contributed by atoms with Gasteiger partial charge < -0.3 is 20.9 Å². The summed E-state index contributed by atoms with van der Waals surface area (Å²) in [6.07, 6.45) is 0.939. The van der Waals surface area contributed by atoms with E-state index in [1.165, 1.54) is 0 Å². The maximum atomic E-state index is 11.3. The molecule has 0 aliphatic heterocycles. The van der Waals surface area contributed by atoms with E-state index in [4.69, 9.17) is 11.5 Å². The van der Waals surface area contributed by atoms with E-state index < -0.39 is 41.4 Å². The molecule has 2 fully saturated rings. The molecule has 0 aromatic carbocycles. The molecule has 0 atom stereocenters. The Balaban J connectivity index is 1.74. The van der Waals surface area contributed by atoms with Crippen LogP contribution < -0.4 is 11.5 Å². The van der Waals surface area contributed by atoms with Crippen molar-refractivity contribution in [3.63, 3.8) is 0 Å². The Morgan fingerprint density at radius 1 is 0.789 bits per heavy atom. The Bertz CT molecular complexity index is 422. The van der Waals surface area contributed by atoms with Crippen molar-refractivity contribution in [3.05, 3.63) is 0 Å². The smallest absolute Gasteiger partial charge is 0.333 e. The van der Waals surface area contributed by atoms with E-state index in [0.717, 1.165) is 0 Å².